The first kappa shape index (κ1) is 10.2. The summed E-state index contributed by atoms with van der Waals surface area (Å²) < 4.78 is 0. The summed E-state index contributed by atoms with van der Waals surface area (Å²) in [6, 6.07) is 1.66. The first-order valence-electron chi connectivity index (χ1n) is 5.28. The lowest BCUT2D eigenvalue weighted by atomic mass is 9.62. The molecule has 17 heavy (non-hydrogen) atoms. The molecule has 0 radical (unpaired) electrons. The number of aliphatic carboxylic acids is 1. The molecule has 1 aliphatic carbocycles. The van der Waals surface area contributed by atoms with E-state index in [2.05, 4.69) is 20.4 Å². The molecule has 3 rings (SSSR count). The fourth-order valence-corrected chi connectivity index (χ4v) is 2.37. The lowest BCUT2D eigenvalue weighted by molar-refractivity contribution is -0.148. The van der Waals surface area contributed by atoms with Gasteiger partial charge in [0.15, 0.2) is 0 Å². The summed E-state index contributed by atoms with van der Waals surface area (Å²) >= 11 is 0. The SMILES string of the molecule is NC1CC(C(=O)O)(c2cnc3n[nH]nc3c2)C1. The summed E-state index contributed by atoms with van der Waals surface area (Å²) in [4.78, 5) is 15.5. The molecule has 1 fully saturated rings. The predicted molar refractivity (Wildman–Crippen MR) is 58.2 cm³/mol. The number of fused-ring (bicyclic) bond motifs is 1. The molecule has 2 aromatic rings. The molecule has 88 valence electrons. The summed E-state index contributed by atoms with van der Waals surface area (Å²) in [5.41, 5.74) is 6.50. The third kappa shape index (κ3) is 1.32. The van der Waals surface area contributed by atoms with Gasteiger partial charge in [0, 0.05) is 12.2 Å². The number of aromatic amines is 1. The fraction of sp³-hybridized carbons (Fsp3) is 0.400. The highest BCUT2D eigenvalue weighted by Crippen LogP contribution is 2.43. The van der Waals surface area contributed by atoms with Crippen LogP contribution in [-0.2, 0) is 10.2 Å². The van der Waals surface area contributed by atoms with Crippen molar-refractivity contribution in [1.82, 2.24) is 20.4 Å². The number of carboxylic acids is 1. The van der Waals surface area contributed by atoms with Gasteiger partial charge in [-0.25, -0.2) is 4.98 Å². The number of nitrogens with zero attached hydrogens (tertiary/aromatic N) is 3. The number of carboxylic acid groups (broad SMARTS) is 1. The molecule has 1 saturated carbocycles. The van der Waals surface area contributed by atoms with Gasteiger partial charge >= 0.3 is 5.97 Å². The van der Waals surface area contributed by atoms with Crippen molar-refractivity contribution >= 4 is 17.1 Å². The molecule has 2 aromatic heterocycles. The average Bonchev–Trinajstić information content (AvgIpc) is 2.70. The highest BCUT2D eigenvalue weighted by atomic mass is 16.4. The summed E-state index contributed by atoms with van der Waals surface area (Å²) in [5, 5.41) is 19.5. The maximum absolute atomic E-state index is 11.4. The number of nitrogens with two attached hydrogens (primary N) is 1. The van der Waals surface area contributed by atoms with Gasteiger partial charge in [-0.05, 0) is 24.5 Å². The van der Waals surface area contributed by atoms with Crippen molar-refractivity contribution in [3.63, 3.8) is 0 Å². The lowest BCUT2D eigenvalue weighted by Crippen LogP contribution is -2.54. The van der Waals surface area contributed by atoms with Crippen LogP contribution < -0.4 is 5.73 Å². The second kappa shape index (κ2) is 3.24. The van der Waals surface area contributed by atoms with Crippen LogP contribution in [0.4, 0.5) is 0 Å². The first-order chi connectivity index (χ1) is 8.12. The number of aromatic nitrogens is 4. The van der Waals surface area contributed by atoms with Crippen LogP contribution in [0.15, 0.2) is 12.3 Å². The zero-order valence-electron chi connectivity index (χ0n) is 8.92. The minimum Gasteiger partial charge on any atom is -0.481 e. The molecular formula is C10H11N5O2. The Morgan fingerprint density at radius 2 is 2.29 bits per heavy atom. The second-order valence-electron chi connectivity index (χ2n) is 4.45. The number of rotatable bonds is 2. The minimum atomic E-state index is -0.903. The first-order valence-corrected chi connectivity index (χ1v) is 5.28. The zero-order valence-corrected chi connectivity index (χ0v) is 8.92. The van der Waals surface area contributed by atoms with Crippen LogP contribution in [0.1, 0.15) is 18.4 Å². The van der Waals surface area contributed by atoms with Crippen LogP contribution in [0.25, 0.3) is 11.2 Å². The molecule has 4 N–H and O–H groups in total. The van der Waals surface area contributed by atoms with E-state index in [4.69, 9.17) is 5.73 Å². The topological polar surface area (TPSA) is 118 Å². The van der Waals surface area contributed by atoms with Crippen LogP contribution >= 0.6 is 0 Å². The molecule has 0 spiro atoms. The molecule has 0 aromatic carbocycles. The molecule has 0 unspecified atom stereocenters. The summed E-state index contributed by atoms with van der Waals surface area (Å²) in [6.07, 6.45) is 2.42. The van der Waals surface area contributed by atoms with Crippen LogP contribution in [0.2, 0.25) is 0 Å². The summed E-state index contributed by atoms with van der Waals surface area (Å²) in [7, 11) is 0. The lowest BCUT2D eigenvalue weighted by Gasteiger charge is -2.42. The van der Waals surface area contributed by atoms with E-state index in [9.17, 15) is 9.90 Å². The predicted octanol–water partition coefficient (Wildman–Crippen LogP) is -0.204. The molecule has 1 aliphatic rings. The Hall–Kier alpha value is -2.02. The highest BCUT2D eigenvalue weighted by molar-refractivity contribution is 5.84. The van der Waals surface area contributed by atoms with E-state index in [0.717, 1.165) is 0 Å². The van der Waals surface area contributed by atoms with Gasteiger partial charge in [0.25, 0.3) is 0 Å². The third-order valence-corrected chi connectivity index (χ3v) is 3.36. The van der Waals surface area contributed by atoms with Crippen LogP contribution in [-0.4, -0.2) is 37.5 Å². The Balaban J connectivity index is 2.09. The van der Waals surface area contributed by atoms with E-state index in [1.807, 2.05) is 0 Å². The molecule has 0 amide bonds. The second-order valence-corrected chi connectivity index (χ2v) is 4.45. The van der Waals surface area contributed by atoms with Gasteiger partial charge < -0.3 is 10.8 Å². The van der Waals surface area contributed by atoms with Gasteiger partial charge in [-0.15, -0.1) is 5.10 Å². The van der Waals surface area contributed by atoms with Gasteiger partial charge in [-0.1, -0.05) is 0 Å². The van der Waals surface area contributed by atoms with Gasteiger partial charge in [0.05, 0.1) is 5.41 Å². The largest absolute Gasteiger partial charge is 0.481 e. The van der Waals surface area contributed by atoms with E-state index >= 15 is 0 Å². The monoisotopic (exact) mass is 233 g/mol. The number of pyridine rings is 1. The Labute approximate surface area is 96.0 Å². The van der Waals surface area contributed by atoms with Crippen molar-refractivity contribution < 1.29 is 9.90 Å². The number of carbonyl (C=O) groups is 1. The third-order valence-electron chi connectivity index (χ3n) is 3.36. The van der Waals surface area contributed by atoms with Gasteiger partial charge in [-0.2, -0.15) is 10.3 Å². The Morgan fingerprint density at radius 1 is 1.53 bits per heavy atom. The van der Waals surface area contributed by atoms with E-state index in [1.165, 1.54) is 0 Å². The zero-order chi connectivity index (χ0) is 12.0. The molecule has 0 atom stereocenters. The molecular weight excluding hydrogens is 222 g/mol. The number of H-pyrrole nitrogens is 1. The molecule has 7 nitrogen and oxygen atoms in total. The van der Waals surface area contributed by atoms with E-state index in [-0.39, 0.29) is 6.04 Å². The molecule has 0 bridgehead atoms. The molecule has 0 aliphatic heterocycles. The Morgan fingerprint density at radius 3 is 2.94 bits per heavy atom. The molecule has 2 heterocycles. The van der Waals surface area contributed by atoms with Crippen LogP contribution in [0, 0.1) is 0 Å². The van der Waals surface area contributed by atoms with Gasteiger partial charge in [0.1, 0.15) is 5.52 Å². The van der Waals surface area contributed by atoms with Crippen molar-refractivity contribution in [1.29, 1.82) is 0 Å². The minimum absolute atomic E-state index is 0.0564. The summed E-state index contributed by atoms with van der Waals surface area (Å²) in [6.45, 7) is 0. The maximum Gasteiger partial charge on any atom is 0.314 e. The molecule has 0 saturated heterocycles. The fourth-order valence-electron chi connectivity index (χ4n) is 2.37. The smallest absolute Gasteiger partial charge is 0.314 e. The average molecular weight is 233 g/mol. The number of hydrogen-bond acceptors (Lipinski definition) is 5. The Kier molecular flexibility index (Phi) is 1.93. The number of nitrogens with one attached hydrogen (secondary N) is 1. The van der Waals surface area contributed by atoms with Gasteiger partial charge in [-0.3, -0.25) is 4.79 Å². The van der Waals surface area contributed by atoms with E-state index in [1.54, 1.807) is 12.3 Å². The van der Waals surface area contributed by atoms with Crippen molar-refractivity contribution in [3.8, 4) is 0 Å². The van der Waals surface area contributed by atoms with Crippen LogP contribution in [0.5, 0.6) is 0 Å². The van der Waals surface area contributed by atoms with E-state index in [0.29, 0.717) is 29.6 Å². The number of hydrogen-bond donors (Lipinski definition) is 3. The van der Waals surface area contributed by atoms with Crippen LogP contribution in [0.3, 0.4) is 0 Å². The summed E-state index contributed by atoms with van der Waals surface area (Å²) in [5.74, 6) is -0.858. The van der Waals surface area contributed by atoms with Crippen molar-refractivity contribution in [2.45, 2.75) is 24.3 Å². The maximum atomic E-state index is 11.4. The van der Waals surface area contributed by atoms with Crippen molar-refractivity contribution in [2.75, 3.05) is 0 Å². The highest BCUT2D eigenvalue weighted by Gasteiger charge is 2.50. The quantitative estimate of drug-likeness (QED) is 0.661. The van der Waals surface area contributed by atoms with E-state index < -0.39 is 11.4 Å². The van der Waals surface area contributed by atoms with Crippen molar-refractivity contribution in [2.24, 2.45) is 5.73 Å². The Bertz CT molecular complexity index is 587. The van der Waals surface area contributed by atoms with Gasteiger partial charge in [0.2, 0.25) is 5.65 Å². The standard InChI is InChI=1S/C10H11N5O2/c11-6-2-10(3-6,9(16)17)5-1-7-8(12-4-5)14-15-13-7/h1,4,6H,2-3,11H2,(H,16,17)(H,12,13,14,15). The molecule has 7 heteroatoms. The van der Waals surface area contributed by atoms with Crippen molar-refractivity contribution in [3.05, 3.63) is 17.8 Å². The normalized spacial score (nSPS) is 27.9.